The zero-order valence-corrected chi connectivity index (χ0v) is 20.3. The van der Waals surface area contributed by atoms with E-state index in [1.54, 1.807) is 23.5 Å². The molecule has 0 aliphatic carbocycles. The number of fused-ring (bicyclic) bond motifs is 2. The van der Waals surface area contributed by atoms with Crippen molar-refractivity contribution in [2.24, 2.45) is 0 Å². The van der Waals surface area contributed by atoms with Crippen LogP contribution in [0.4, 0.5) is 10.1 Å². The Kier molecular flexibility index (Phi) is 5.39. The summed E-state index contributed by atoms with van der Waals surface area (Å²) in [5.74, 6) is -0.389. The predicted molar refractivity (Wildman–Crippen MR) is 141 cm³/mol. The third-order valence-corrected chi connectivity index (χ3v) is 7.68. The van der Waals surface area contributed by atoms with E-state index >= 15 is 0 Å². The van der Waals surface area contributed by atoms with Crippen LogP contribution in [0.2, 0.25) is 0 Å². The maximum absolute atomic E-state index is 13.2. The summed E-state index contributed by atoms with van der Waals surface area (Å²) in [6.07, 6.45) is 2.11. The highest BCUT2D eigenvalue weighted by molar-refractivity contribution is 7.21. The molecular formula is C27H19FN4OS2. The third kappa shape index (κ3) is 4.34. The number of thiazole rings is 2. The largest absolute Gasteiger partial charge is 0.326 e. The van der Waals surface area contributed by atoms with Crippen LogP contribution >= 0.6 is 22.7 Å². The van der Waals surface area contributed by atoms with Gasteiger partial charge in [-0.15, -0.1) is 22.7 Å². The minimum Gasteiger partial charge on any atom is -0.326 e. The van der Waals surface area contributed by atoms with E-state index in [2.05, 4.69) is 29.4 Å². The van der Waals surface area contributed by atoms with E-state index in [0.717, 1.165) is 43.7 Å². The number of imidazole rings is 1. The second-order valence-corrected chi connectivity index (χ2v) is 10.2. The molecule has 6 rings (SSSR count). The first kappa shape index (κ1) is 21.6. The SMILES string of the molecule is Cc1ccc2nc(-c3ccc(NC(=O)Cc4csc5nc(-c6ccc(F)cc6)cn45)cc3)sc2c1. The zero-order valence-electron chi connectivity index (χ0n) is 18.7. The highest BCUT2D eigenvalue weighted by Crippen LogP contribution is 2.31. The van der Waals surface area contributed by atoms with E-state index in [1.165, 1.54) is 33.7 Å². The number of nitrogens with one attached hydrogen (secondary N) is 1. The van der Waals surface area contributed by atoms with E-state index in [1.807, 2.05) is 46.3 Å². The molecule has 1 amide bonds. The Balaban J connectivity index is 1.16. The highest BCUT2D eigenvalue weighted by Gasteiger charge is 2.13. The zero-order chi connectivity index (χ0) is 23.9. The minimum atomic E-state index is -0.282. The fraction of sp³-hybridized carbons (Fsp3) is 0.0741. The number of amides is 1. The van der Waals surface area contributed by atoms with Gasteiger partial charge in [-0.25, -0.2) is 14.4 Å². The Morgan fingerprint density at radius 2 is 1.77 bits per heavy atom. The van der Waals surface area contributed by atoms with Crippen LogP contribution in [0.15, 0.2) is 78.3 Å². The summed E-state index contributed by atoms with van der Waals surface area (Å²) in [6.45, 7) is 2.08. The Bertz CT molecular complexity index is 1680. The standard InChI is InChI=1S/C27H19FN4OS2/c1-16-2-11-22-24(12-16)35-26(30-22)18-5-9-20(10-6-18)29-25(33)13-21-15-34-27-31-23(14-32(21)27)17-3-7-19(28)8-4-17/h2-12,14-15H,13H2,1H3,(H,29,33). The average molecular weight is 499 g/mol. The van der Waals surface area contributed by atoms with Gasteiger partial charge >= 0.3 is 0 Å². The molecule has 0 unspecified atom stereocenters. The van der Waals surface area contributed by atoms with E-state index in [9.17, 15) is 9.18 Å². The number of halogens is 1. The molecule has 0 radical (unpaired) electrons. The number of hydrogen-bond donors (Lipinski definition) is 1. The van der Waals surface area contributed by atoms with Crippen molar-refractivity contribution in [1.29, 1.82) is 0 Å². The number of aryl methyl sites for hydroxylation is 1. The first-order valence-electron chi connectivity index (χ1n) is 11.0. The van der Waals surface area contributed by atoms with Crippen LogP contribution in [0.1, 0.15) is 11.3 Å². The number of benzene rings is 3. The molecule has 3 heterocycles. The fourth-order valence-electron chi connectivity index (χ4n) is 3.94. The molecule has 0 bridgehead atoms. The second-order valence-electron chi connectivity index (χ2n) is 8.31. The first-order chi connectivity index (χ1) is 17.0. The number of carbonyl (C=O) groups is 1. The lowest BCUT2D eigenvalue weighted by atomic mass is 10.2. The number of carbonyl (C=O) groups excluding carboxylic acids is 1. The maximum atomic E-state index is 13.2. The molecule has 0 saturated heterocycles. The normalized spacial score (nSPS) is 11.4. The van der Waals surface area contributed by atoms with E-state index in [4.69, 9.17) is 4.98 Å². The van der Waals surface area contributed by atoms with Gasteiger partial charge in [0.05, 0.1) is 22.3 Å². The number of nitrogens with zero attached hydrogens (tertiary/aromatic N) is 3. The van der Waals surface area contributed by atoms with E-state index < -0.39 is 0 Å². The monoisotopic (exact) mass is 498 g/mol. The Morgan fingerprint density at radius 3 is 2.57 bits per heavy atom. The molecule has 0 aliphatic rings. The number of anilines is 1. The van der Waals surface area contributed by atoms with Crippen molar-refractivity contribution in [1.82, 2.24) is 14.4 Å². The Hall–Kier alpha value is -3.88. The molecule has 0 spiro atoms. The van der Waals surface area contributed by atoms with Gasteiger partial charge in [0.2, 0.25) is 5.91 Å². The van der Waals surface area contributed by atoms with Crippen LogP contribution in [0.5, 0.6) is 0 Å². The van der Waals surface area contributed by atoms with Gasteiger partial charge in [-0.1, -0.05) is 6.07 Å². The fourth-order valence-corrected chi connectivity index (χ4v) is 5.88. The smallest absolute Gasteiger partial charge is 0.230 e. The van der Waals surface area contributed by atoms with Gasteiger partial charge < -0.3 is 5.32 Å². The molecular weight excluding hydrogens is 479 g/mol. The van der Waals surface area contributed by atoms with Crippen LogP contribution < -0.4 is 5.32 Å². The summed E-state index contributed by atoms with van der Waals surface area (Å²) in [5, 5.41) is 5.87. The first-order valence-corrected chi connectivity index (χ1v) is 12.7. The maximum Gasteiger partial charge on any atom is 0.230 e. The summed E-state index contributed by atoms with van der Waals surface area (Å²) in [7, 11) is 0. The van der Waals surface area contributed by atoms with Crippen LogP contribution in [0, 0.1) is 12.7 Å². The summed E-state index contributed by atoms with van der Waals surface area (Å²) in [6, 6.07) is 20.3. The molecule has 3 aromatic heterocycles. The second kappa shape index (κ2) is 8.72. The van der Waals surface area contributed by atoms with Gasteiger partial charge in [-0.2, -0.15) is 0 Å². The van der Waals surface area contributed by atoms with Crippen molar-refractivity contribution in [3.8, 4) is 21.8 Å². The summed E-state index contributed by atoms with van der Waals surface area (Å²) in [4.78, 5) is 22.9. The van der Waals surface area contributed by atoms with Gasteiger partial charge in [0.15, 0.2) is 4.96 Å². The van der Waals surface area contributed by atoms with Gasteiger partial charge in [-0.3, -0.25) is 9.20 Å². The third-order valence-electron chi connectivity index (χ3n) is 5.72. The van der Waals surface area contributed by atoms with Gasteiger partial charge in [0.25, 0.3) is 0 Å². The highest BCUT2D eigenvalue weighted by atomic mass is 32.1. The number of aromatic nitrogens is 3. The quantitative estimate of drug-likeness (QED) is 0.279. The molecule has 35 heavy (non-hydrogen) atoms. The topological polar surface area (TPSA) is 59.3 Å². The van der Waals surface area contributed by atoms with Crippen molar-refractivity contribution in [3.05, 3.63) is 95.4 Å². The molecule has 5 nitrogen and oxygen atoms in total. The van der Waals surface area contributed by atoms with E-state index in [-0.39, 0.29) is 18.1 Å². The minimum absolute atomic E-state index is 0.107. The molecule has 0 aliphatic heterocycles. The lowest BCUT2D eigenvalue weighted by molar-refractivity contribution is -0.115. The molecule has 172 valence electrons. The van der Waals surface area contributed by atoms with Crippen LogP contribution in [-0.2, 0) is 11.2 Å². The van der Waals surface area contributed by atoms with Crippen molar-refractivity contribution >= 4 is 49.4 Å². The van der Waals surface area contributed by atoms with Crippen molar-refractivity contribution in [2.45, 2.75) is 13.3 Å². The van der Waals surface area contributed by atoms with Gasteiger partial charge in [-0.05, 0) is 73.2 Å². The van der Waals surface area contributed by atoms with Crippen molar-refractivity contribution in [2.75, 3.05) is 5.32 Å². The van der Waals surface area contributed by atoms with Crippen molar-refractivity contribution in [3.63, 3.8) is 0 Å². The summed E-state index contributed by atoms with van der Waals surface area (Å²) >= 11 is 3.14. The molecule has 8 heteroatoms. The molecule has 6 aromatic rings. The van der Waals surface area contributed by atoms with Crippen LogP contribution in [-0.4, -0.2) is 20.3 Å². The van der Waals surface area contributed by atoms with E-state index in [0.29, 0.717) is 0 Å². The van der Waals surface area contributed by atoms with Crippen molar-refractivity contribution < 1.29 is 9.18 Å². The van der Waals surface area contributed by atoms with Gasteiger partial charge in [0, 0.05) is 34.1 Å². The molecule has 3 aromatic carbocycles. The summed E-state index contributed by atoms with van der Waals surface area (Å²) < 4.78 is 16.3. The van der Waals surface area contributed by atoms with Crippen LogP contribution in [0.25, 0.3) is 37.0 Å². The Labute approximate surface area is 208 Å². The lowest BCUT2D eigenvalue weighted by Gasteiger charge is -2.06. The molecule has 0 atom stereocenters. The number of rotatable bonds is 5. The van der Waals surface area contributed by atoms with Crippen LogP contribution in [0.3, 0.4) is 0 Å². The molecule has 1 N–H and O–H groups in total. The lowest BCUT2D eigenvalue weighted by Crippen LogP contribution is -2.15. The number of hydrogen-bond acceptors (Lipinski definition) is 5. The van der Waals surface area contributed by atoms with Gasteiger partial charge in [0.1, 0.15) is 10.8 Å². The Morgan fingerprint density at radius 1 is 1.00 bits per heavy atom. The molecule has 0 saturated carbocycles. The molecule has 0 fully saturated rings. The summed E-state index contributed by atoms with van der Waals surface area (Å²) in [5.41, 5.74) is 6.41. The average Bonchev–Trinajstić information content (AvgIpc) is 3.55. The predicted octanol–water partition coefficient (Wildman–Crippen LogP) is 6.97.